The number of aromatic nitrogens is 2. The molecule has 0 atom stereocenters. The number of aryl methyl sites for hydroxylation is 1. The summed E-state index contributed by atoms with van der Waals surface area (Å²) in [6.07, 6.45) is 0.758. The van der Waals surface area contributed by atoms with Crippen LogP contribution in [0.3, 0.4) is 0 Å². The smallest absolute Gasteiger partial charge is 0.267 e. The maximum absolute atomic E-state index is 12.0. The van der Waals surface area contributed by atoms with Crippen molar-refractivity contribution in [3.05, 3.63) is 10.6 Å². The Morgan fingerprint density at radius 2 is 2.40 bits per heavy atom. The standard InChI is InChI=1S/C9H14N4OS/c1-3-7-8(15-12-11-7)9(14)13(2)6-4-10-5-6/h6,10H,3-5H2,1-2H3. The normalized spacial score (nSPS) is 16.1. The number of carbonyl (C=O) groups is 1. The van der Waals surface area contributed by atoms with E-state index in [-0.39, 0.29) is 5.91 Å². The van der Waals surface area contributed by atoms with Crippen LogP contribution < -0.4 is 5.32 Å². The molecule has 0 unspecified atom stereocenters. The van der Waals surface area contributed by atoms with Crippen LogP contribution >= 0.6 is 11.5 Å². The third kappa shape index (κ3) is 1.87. The van der Waals surface area contributed by atoms with Gasteiger partial charge in [-0.25, -0.2) is 0 Å². The van der Waals surface area contributed by atoms with Gasteiger partial charge in [0.25, 0.3) is 5.91 Å². The summed E-state index contributed by atoms with van der Waals surface area (Å²) in [6, 6.07) is 0.323. The second kappa shape index (κ2) is 4.24. The summed E-state index contributed by atoms with van der Waals surface area (Å²) >= 11 is 1.19. The van der Waals surface area contributed by atoms with Gasteiger partial charge in [-0.2, -0.15) is 0 Å². The maximum Gasteiger partial charge on any atom is 0.267 e. The number of hydrogen-bond donors (Lipinski definition) is 1. The minimum atomic E-state index is 0.0494. The Labute approximate surface area is 92.6 Å². The molecule has 2 rings (SSSR count). The first-order chi connectivity index (χ1) is 7.24. The van der Waals surface area contributed by atoms with Gasteiger partial charge in [0.15, 0.2) is 0 Å². The first kappa shape index (κ1) is 10.5. The van der Waals surface area contributed by atoms with E-state index < -0.39 is 0 Å². The summed E-state index contributed by atoms with van der Waals surface area (Å²) in [5.74, 6) is 0.0494. The Morgan fingerprint density at radius 3 is 2.93 bits per heavy atom. The van der Waals surface area contributed by atoms with Crippen molar-refractivity contribution >= 4 is 17.4 Å². The SMILES string of the molecule is CCc1nnsc1C(=O)N(C)C1CNC1. The van der Waals surface area contributed by atoms with Crippen molar-refractivity contribution in [2.45, 2.75) is 19.4 Å². The molecular weight excluding hydrogens is 212 g/mol. The molecule has 0 spiro atoms. The van der Waals surface area contributed by atoms with Gasteiger partial charge >= 0.3 is 0 Å². The fourth-order valence-corrected chi connectivity index (χ4v) is 2.21. The van der Waals surface area contributed by atoms with E-state index in [0.29, 0.717) is 10.9 Å². The van der Waals surface area contributed by atoms with Crippen LogP contribution in [-0.2, 0) is 6.42 Å². The highest BCUT2D eigenvalue weighted by molar-refractivity contribution is 7.08. The molecule has 0 bridgehead atoms. The van der Waals surface area contributed by atoms with Gasteiger partial charge in [0.05, 0.1) is 11.7 Å². The third-order valence-corrected chi connectivity index (χ3v) is 3.47. The molecule has 1 N–H and O–H groups in total. The highest BCUT2D eigenvalue weighted by Gasteiger charge is 2.28. The van der Waals surface area contributed by atoms with E-state index in [1.807, 2.05) is 14.0 Å². The summed E-state index contributed by atoms with van der Waals surface area (Å²) in [6.45, 7) is 3.75. The molecule has 1 aliphatic rings. The van der Waals surface area contributed by atoms with Crippen molar-refractivity contribution in [3.63, 3.8) is 0 Å². The monoisotopic (exact) mass is 226 g/mol. The zero-order valence-corrected chi connectivity index (χ0v) is 9.67. The topological polar surface area (TPSA) is 58.1 Å². The second-order valence-electron chi connectivity index (χ2n) is 3.63. The molecule has 2 heterocycles. The van der Waals surface area contributed by atoms with Gasteiger partial charge in [-0.05, 0) is 18.0 Å². The zero-order chi connectivity index (χ0) is 10.8. The highest BCUT2D eigenvalue weighted by Crippen LogP contribution is 2.15. The fourth-order valence-electron chi connectivity index (χ4n) is 1.48. The average molecular weight is 226 g/mol. The molecule has 1 fully saturated rings. The maximum atomic E-state index is 12.0. The molecule has 0 aliphatic carbocycles. The molecule has 0 aromatic carbocycles. The minimum Gasteiger partial charge on any atom is -0.335 e. The Balaban J connectivity index is 2.12. The molecular formula is C9H14N4OS. The van der Waals surface area contributed by atoms with Crippen LogP contribution in [0.15, 0.2) is 0 Å². The Hall–Kier alpha value is -1.01. The van der Waals surface area contributed by atoms with Crippen molar-refractivity contribution in [3.8, 4) is 0 Å². The molecule has 0 saturated carbocycles. The van der Waals surface area contributed by atoms with Crippen molar-refractivity contribution in [2.75, 3.05) is 20.1 Å². The van der Waals surface area contributed by atoms with E-state index in [2.05, 4.69) is 14.9 Å². The number of nitrogens with zero attached hydrogens (tertiary/aromatic N) is 3. The van der Waals surface area contributed by atoms with Crippen molar-refractivity contribution in [2.24, 2.45) is 0 Å². The fraction of sp³-hybridized carbons (Fsp3) is 0.667. The lowest BCUT2D eigenvalue weighted by molar-refractivity contribution is 0.0685. The molecule has 1 amide bonds. The van der Waals surface area contributed by atoms with Gasteiger partial charge in [-0.1, -0.05) is 11.4 Å². The van der Waals surface area contributed by atoms with E-state index in [4.69, 9.17) is 0 Å². The largest absolute Gasteiger partial charge is 0.335 e. The van der Waals surface area contributed by atoms with Crippen LogP contribution in [0.25, 0.3) is 0 Å². The van der Waals surface area contributed by atoms with Crippen molar-refractivity contribution in [1.29, 1.82) is 0 Å². The van der Waals surface area contributed by atoms with Gasteiger partial charge in [-0.15, -0.1) is 5.10 Å². The van der Waals surface area contributed by atoms with Gasteiger partial charge < -0.3 is 10.2 Å². The lowest BCUT2D eigenvalue weighted by Gasteiger charge is -2.35. The van der Waals surface area contributed by atoms with Crippen LogP contribution in [0.4, 0.5) is 0 Å². The van der Waals surface area contributed by atoms with Gasteiger partial charge in [-0.3, -0.25) is 4.79 Å². The molecule has 0 radical (unpaired) electrons. The number of hydrogen-bond acceptors (Lipinski definition) is 5. The van der Waals surface area contributed by atoms with E-state index in [1.165, 1.54) is 11.5 Å². The molecule has 1 aliphatic heterocycles. The molecule has 82 valence electrons. The van der Waals surface area contributed by atoms with Crippen LogP contribution in [0.5, 0.6) is 0 Å². The molecule has 1 aromatic rings. The third-order valence-electron chi connectivity index (χ3n) is 2.71. The first-order valence-corrected chi connectivity index (χ1v) is 5.80. The average Bonchev–Trinajstić information content (AvgIpc) is 2.61. The summed E-state index contributed by atoms with van der Waals surface area (Å²) in [5, 5.41) is 7.10. The van der Waals surface area contributed by atoms with Crippen LogP contribution in [-0.4, -0.2) is 46.6 Å². The number of nitrogens with one attached hydrogen (secondary N) is 1. The van der Waals surface area contributed by atoms with Gasteiger partial charge in [0.1, 0.15) is 4.88 Å². The lowest BCUT2D eigenvalue weighted by atomic mass is 10.1. The number of likely N-dealkylation sites (N-methyl/N-ethyl adjacent to an activating group) is 1. The minimum absolute atomic E-state index is 0.0494. The number of amides is 1. The zero-order valence-electron chi connectivity index (χ0n) is 8.86. The second-order valence-corrected chi connectivity index (χ2v) is 4.38. The first-order valence-electron chi connectivity index (χ1n) is 5.03. The highest BCUT2D eigenvalue weighted by atomic mass is 32.1. The van der Waals surface area contributed by atoms with Gasteiger partial charge in [0, 0.05) is 20.1 Å². The van der Waals surface area contributed by atoms with Gasteiger partial charge in [0.2, 0.25) is 0 Å². The summed E-state index contributed by atoms with van der Waals surface area (Å²) in [5.41, 5.74) is 0.809. The van der Waals surface area contributed by atoms with E-state index in [9.17, 15) is 4.79 Å². The van der Waals surface area contributed by atoms with E-state index in [0.717, 1.165) is 25.2 Å². The molecule has 1 aromatic heterocycles. The Kier molecular flexibility index (Phi) is 2.97. The summed E-state index contributed by atoms with van der Waals surface area (Å²) < 4.78 is 3.83. The lowest BCUT2D eigenvalue weighted by Crippen LogP contribution is -2.57. The molecule has 6 heteroatoms. The van der Waals surface area contributed by atoms with Crippen molar-refractivity contribution < 1.29 is 4.79 Å². The van der Waals surface area contributed by atoms with Crippen molar-refractivity contribution in [1.82, 2.24) is 19.8 Å². The van der Waals surface area contributed by atoms with E-state index in [1.54, 1.807) is 4.90 Å². The predicted molar refractivity (Wildman–Crippen MR) is 58.0 cm³/mol. The predicted octanol–water partition coefficient (Wildman–Crippen LogP) is 0.144. The molecule has 1 saturated heterocycles. The Bertz CT molecular complexity index is 361. The van der Waals surface area contributed by atoms with Crippen LogP contribution in [0.2, 0.25) is 0 Å². The van der Waals surface area contributed by atoms with Crippen LogP contribution in [0, 0.1) is 0 Å². The molecule has 15 heavy (non-hydrogen) atoms. The van der Waals surface area contributed by atoms with E-state index >= 15 is 0 Å². The summed E-state index contributed by atoms with van der Waals surface area (Å²) in [4.78, 5) is 14.5. The Morgan fingerprint density at radius 1 is 1.67 bits per heavy atom. The number of rotatable bonds is 3. The summed E-state index contributed by atoms with van der Waals surface area (Å²) in [7, 11) is 1.84. The van der Waals surface area contributed by atoms with Crippen LogP contribution in [0.1, 0.15) is 22.3 Å². The molecule has 5 nitrogen and oxygen atoms in total. The quantitative estimate of drug-likeness (QED) is 0.796. The number of carbonyl (C=O) groups excluding carboxylic acids is 1.